The van der Waals surface area contributed by atoms with E-state index in [9.17, 15) is 0 Å². The van der Waals surface area contributed by atoms with Crippen LogP contribution in [0.2, 0.25) is 0 Å². The average molecular weight is 306 g/mol. The van der Waals surface area contributed by atoms with Crippen LogP contribution in [-0.4, -0.2) is 63.6 Å². The Labute approximate surface area is 132 Å². The fourth-order valence-corrected chi connectivity index (χ4v) is 3.17. The minimum Gasteiger partial charge on any atom is -0.381 e. The first-order valence-electron chi connectivity index (χ1n) is 8.12. The number of hydrogen-bond acceptors (Lipinski definition) is 6. The van der Waals surface area contributed by atoms with Crippen LogP contribution in [0.1, 0.15) is 12.8 Å². The van der Waals surface area contributed by atoms with Crippen molar-refractivity contribution in [3.05, 3.63) is 12.4 Å². The minimum atomic E-state index is 0.608. The van der Waals surface area contributed by atoms with Crippen LogP contribution in [0.25, 0.3) is 0 Å². The second-order valence-electron chi connectivity index (χ2n) is 6.45. The molecule has 0 bridgehead atoms. The Bertz CT molecular complexity index is 434. The third-order valence-corrected chi connectivity index (χ3v) is 4.53. The molecule has 2 aliphatic rings. The van der Waals surface area contributed by atoms with E-state index in [2.05, 4.69) is 39.9 Å². The Balaban J connectivity index is 1.60. The second-order valence-corrected chi connectivity index (χ2v) is 6.45. The Morgan fingerprint density at radius 2 is 1.45 bits per heavy atom. The summed E-state index contributed by atoms with van der Waals surface area (Å²) >= 11 is 0. The molecule has 0 unspecified atom stereocenters. The summed E-state index contributed by atoms with van der Waals surface area (Å²) in [6.45, 7) is 5.47. The third kappa shape index (κ3) is 3.87. The predicted molar refractivity (Wildman–Crippen MR) is 86.4 cm³/mol. The van der Waals surface area contributed by atoms with Crippen molar-refractivity contribution in [2.24, 2.45) is 11.8 Å². The quantitative estimate of drug-likeness (QED) is 0.792. The Hall–Kier alpha value is -1.40. The van der Waals surface area contributed by atoms with Gasteiger partial charge in [0.15, 0.2) is 0 Å². The van der Waals surface area contributed by atoms with Crippen LogP contribution in [-0.2, 0) is 9.47 Å². The van der Waals surface area contributed by atoms with Crippen molar-refractivity contribution in [3.63, 3.8) is 0 Å². The zero-order chi connectivity index (χ0) is 15.4. The van der Waals surface area contributed by atoms with Gasteiger partial charge in [-0.15, -0.1) is 0 Å². The summed E-state index contributed by atoms with van der Waals surface area (Å²) in [5.74, 6) is 3.17. The van der Waals surface area contributed by atoms with E-state index < -0.39 is 0 Å². The molecular weight excluding hydrogens is 280 g/mol. The summed E-state index contributed by atoms with van der Waals surface area (Å²) in [7, 11) is 4.19. The number of aromatic nitrogens is 2. The van der Waals surface area contributed by atoms with Crippen LogP contribution in [0, 0.1) is 11.8 Å². The average Bonchev–Trinajstić information content (AvgIpc) is 3.21. The van der Waals surface area contributed by atoms with Gasteiger partial charge >= 0.3 is 0 Å². The van der Waals surface area contributed by atoms with E-state index in [0.29, 0.717) is 11.8 Å². The van der Waals surface area contributed by atoms with Gasteiger partial charge in [-0.2, -0.15) is 0 Å². The van der Waals surface area contributed by atoms with E-state index in [4.69, 9.17) is 9.47 Å². The summed E-state index contributed by atoms with van der Waals surface area (Å²) in [5.41, 5.74) is 0. The number of rotatable bonds is 6. The molecule has 6 nitrogen and oxygen atoms in total. The molecule has 2 saturated heterocycles. The number of anilines is 2. The van der Waals surface area contributed by atoms with Gasteiger partial charge in [-0.1, -0.05) is 0 Å². The molecule has 2 fully saturated rings. The van der Waals surface area contributed by atoms with Crippen LogP contribution in [0.3, 0.4) is 0 Å². The molecule has 0 amide bonds. The second kappa shape index (κ2) is 7.24. The van der Waals surface area contributed by atoms with Crippen LogP contribution in [0.4, 0.5) is 11.6 Å². The van der Waals surface area contributed by atoms with Crippen molar-refractivity contribution in [3.8, 4) is 0 Å². The molecule has 6 heteroatoms. The van der Waals surface area contributed by atoms with Gasteiger partial charge in [0.25, 0.3) is 0 Å². The van der Waals surface area contributed by atoms with Crippen molar-refractivity contribution in [1.29, 1.82) is 0 Å². The fourth-order valence-electron chi connectivity index (χ4n) is 3.17. The summed E-state index contributed by atoms with van der Waals surface area (Å²) in [6.07, 6.45) is 3.95. The van der Waals surface area contributed by atoms with E-state index in [1.165, 1.54) is 0 Å². The van der Waals surface area contributed by atoms with Gasteiger partial charge < -0.3 is 19.3 Å². The van der Waals surface area contributed by atoms with Crippen LogP contribution < -0.4 is 9.80 Å². The Kier molecular flexibility index (Phi) is 5.10. The normalized spacial score (nSPS) is 24.6. The van der Waals surface area contributed by atoms with E-state index in [-0.39, 0.29) is 0 Å². The number of nitrogens with zero attached hydrogens (tertiary/aromatic N) is 4. The molecule has 1 aromatic rings. The molecule has 0 radical (unpaired) electrons. The van der Waals surface area contributed by atoms with E-state index in [1.807, 2.05) is 0 Å². The van der Waals surface area contributed by atoms with E-state index >= 15 is 0 Å². The molecule has 2 aliphatic heterocycles. The van der Waals surface area contributed by atoms with Gasteiger partial charge in [-0.3, -0.25) is 0 Å². The standard InChI is InChI=1S/C16H26N4O2/c1-19(8-13-3-5-21-10-13)15-7-16(18-12-17-15)20(2)9-14-4-6-22-11-14/h7,12-14H,3-6,8-11H2,1-2H3/t13-,14-/m0/s1. The number of ether oxygens (including phenoxy) is 2. The molecule has 22 heavy (non-hydrogen) atoms. The summed E-state index contributed by atoms with van der Waals surface area (Å²) < 4.78 is 10.9. The lowest BCUT2D eigenvalue weighted by Gasteiger charge is -2.24. The lowest BCUT2D eigenvalue weighted by molar-refractivity contribution is 0.186. The molecule has 1 aromatic heterocycles. The first kappa shape index (κ1) is 15.5. The molecular formula is C16H26N4O2. The Morgan fingerprint density at radius 1 is 0.955 bits per heavy atom. The molecule has 0 spiro atoms. The minimum absolute atomic E-state index is 0.608. The maximum atomic E-state index is 5.45. The summed E-state index contributed by atoms with van der Waals surface area (Å²) in [4.78, 5) is 13.2. The number of hydrogen-bond donors (Lipinski definition) is 0. The molecule has 0 saturated carbocycles. The zero-order valence-corrected chi connectivity index (χ0v) is 13.6. The largest absolute Gasteiger partial charge is 0.381 e. The summed E-state index contributed by atoms with van der Waals surface area (Å²) in [6, 6.07) is 2.08. The highest BCUT2D eigenvalue weighted by Crippen LogP contribution is 2.21. The predicted octanol–water partition coefficient (Wildman–Crippen LogP) is 1.42. The van der Waals surface area contributed by atoms with Crippen molar-refractivity contribution in [2.75, 3.05) is 63.4 Å². The van der Waals surface area contributed by atoms with Crippen LogP contribution in [0.5, 0.6) is 0 Å². The van der Waals surface area contributed by atoms with Gasteiger partial charge in [-0.25, -0.2) is 9.97 Å². The first-order valence-corrected chi connectivity index (χ1v) is 8.12. The SMILES string of the molecule is CN(C[C@@H]1CCOC1)c1cc(N(C)C[C@@H]2CCOC2)ncn1. The zero-order valence-electron chi connectivity index (χ0n) is 13.6. The van der Waals surface area contributed by atoms with Gasteiger partial charge in [-0.05, 0) is 12.8 Å². The highest BCUT2D eigenvalue weighted by Gasteiger charge is 2.20. The topological polar surface area (TPSA) is 50.7 Å². The lowest BCUT2D eigenvalue weighted by Crippen LogP contribution is -2.28. The van der Waals surface area contributed by atoms with Crippen LogP contribution >= 0.6 is 0 Å². The first-order chi connectivity index (χ1) is 10.7. The fraction of sp³-hybridized carbons (Fsp3) is 0.750. The summed E-state index contributed by atoms with van der Waals surface area (Å²) in [5, 5.41) is 0. The molecule has 3 heterocycles. The highest BCUT2D eigenvalue weighted by atomic mass is 16.5. The molecule has 0 aliphatic carbocycles. The van der Waals surface area contributed by atoms with Crippen LogP contribution in [0.15, 0.2) is 12.4 Å². The lowest BCUT2D eigenvalue weighted by atomic mass is 10.1. The highest BCUT2D eigenvalue weighted by molar-refractivity contribution is 5.49. The van der Waals surface area contributed by atoms with E-state index in [1.54, 1.807) is 6.33 Å². The molecule has 122 valence electrons. The van der Waals surface area contributed by atoms with Gasteiger partial charge in [0.1, 0.15) is 18.0 Å². The van der Waals surface area contributed by atoms with Crippen molar-refractivity contribution >= 4 is 11.6 Å². The van der Waals surface area contributed by atoms with Gasteiger partial charge in [0.2, 0.25) is 0 Å². The molecule has 0 N–H and O–H groups in total. The third-order valence-electron chi connectivity index (χ3n) is 4.53. The molecule has 0 aromatic carbocycles. The van der Waals surface area contributed by atoms with Crippen molar-refractivity contribution in [1.82, 2.24) is 9.97 Å². The van der Waals surface area contributed by atoms with Crippen molar-refractivity contribution < 1.29 is 9.47 Å². The van der Waals surface area contributed by atoms with E-state index in [0.717, 1.165) is 64.0 Å². The smallest absolute Gasteiger partial charge is 0.133 e. The van der Waals surface area contributed by atoms with Gasteiger partial charge in [0.05, 0.1) is 13.2 Å². The Morgan fingerprint density at radius 3 is 1.86 bits per heavy atom. The van der Waals surface area contributed by atoms with Gasteiger partial charge in [0, 0.05) is 58.3 Å². The van der Waals surface area contributed by atoms with Crippen molar-refractivity contribution in [2.45, 2.75) is 12.8 Å². The maximum Gasteiger partial charge on any atom is 0.133 e. The molecule has 2 atom stereocenters. The molecule has 3 rings (SSSR count). The maximum absolute atomic E-state index is 5.45. The monoisotopic (exact) mass is 306 g/mol.